The van der Waals surface area contributed by atoms with E-state index in [1.165, 1.54) is 6.07 Å². The highest BCUT2D eigenvalue weighted by Gasteiger charge is 2.12. The van der Waals surface area contributed by atoms with Gasteiger partial charge < -0.3 is 15.2 Å². The third kappa shape index (κ3) is 3.98. The monoisotopic (exact) mass is 241 g/mol. The zero-order valence-corrected chi connectivity index (χ0v) is 10.5. The first-order chi connectivity index (χ1) is 8.08. The van der Waals surface area contributed by atoms with Gasteiger partial charge in [-0.1, -0.05) is 13.0 Å². The number of benzene rings is 1. The Labute approximate surface area is 102 Å². The highest BCUT2D eigenvalue weighted by molar-refractivity contribution is 5.31. The normalized spacial score (nSPS) is 12.8. The van der Waals surface area contributed by atoms with Crippen LogP contribution < -0.4 is 10.1 Å². The average Bonchev–Trinajstić information content (AvgIpc) is 2.28. The molecule has 0 heterocycles. The molecular formula is C13H20FNO2. The molecule has 3 nitrogen and oxygen atoms in total. The lowest BCUT2D eigenvalue weighted by atomic mass is 10.1. The summed E-state index contributed by atoms with van der Waals surface area (Å²) in [5, 5.41) is 12.3. The van der Waals surface area contributed by atoms with Crippen LogP contribution in [0.25, 0.3) is 0 Å². The van der Waals surface area contributed by atoms with E-state index in [0.717, 1.165) is 12.1 Å². The van der Waals surface area contributed by atoms with Crippen molar-refractivity contribution >= 4 is 0 Å². The first kappa shape index (κ1) is 13.9. The van der Waals surface area contributed by atoms with Crippen LogP contribution in [-0.2, 0) is 0 Å². The smallest absolute Gasteiger partial charge is 0.165 e. The molecule has 0 aromatic heterocycles. The van der Waals surface area contributed by atoms with Gasteiger partial charge in [-0.3, -0.25) is 0 Å². The lowest BCUT2D eigenvalue weighted by molar-refractivity contribution is 0.229. The van der Waals surface area contributed by atoms with Gasteiger partial charge in [0.25, 0.3) is 0 Å². The van der Waals surface area contributed by atoms with E-state index in [9.17, 15) is 9.50 Å². The number of ether oxygens (including phenoxy) is 1. The van der Waals surface area contributed by atoms with Gasteiger partial charge in [0.2, 0.25) is 0 Å². The lowest BCUT2D eigenvalue weighted by Crippen LogP contribution is -2.24. The summed E-state index contributed by atoms with van der Waals surface area (Å²) in [6, 6.07) is 4.54. The molecule has 96 valence electrons. The maximum atomic E-state index is 13.7. The number of hydrogen-bond acceptors (Lipinski definition) is 3. The summed E-state index contributed by atoms with van der Waals surface area (Å²) in [6.07, 6.45) is -0.0576. The molecule has 0 radical (unpaired) electrons. The summed E-state index contributed by atoms with van der Waals surface area (Å²) < 4.78 is 19.0. The van der Waals surface area contributed by atoms with Crippen LogP contribution in [0.15, 0.2) is 18.2 Å². The molecule has 0 aliphatic rings. The van der Waals surface area contributed by atoms with Crippen molar-refractivity contribution in [1.29, 1.82) is 0 Å². The van der Waals surface area contributed by atoms with E-state index in [1.54, 1.807) is 12.1 Å². The molecule has 1 aromatic carbocycles. The predicted molar refractivity (Wildman–Crippen MR) is 65.7 cm³/mol. The molecule has 1 unspecified atom stereocenters. The van der Waals surface area contributed by atoms with E-state index in [2.05, 4.69) is 5.32 Å². The van der Waals surface area contributed by atoms with Crippen LogP contribution in [-0.4, -0.2) is 24.4 Å². The van der Waals surface area contributed by atoms with E-state index in [-0.39, 0.29) is 24.5 Å². The Morgan fingerprint density at radius 2 is 2.12 bits per heavy atom. The average molecular weight is 241 g/mol. The maximum Gasteiger partial charge on any atom is 0.165 e. The molecule has 0 saturated heterocycles. The van der Waals surface area contributed by atoms with Crippen molar-refractivity contribution in [3.05, 3.63) is 29.6 Å². The Morgan fingerprint density at radius 1 is 1.41 bits per heavy atom. The maximum absolute atomic E-state index is 13.7. The molecule has 0 fully saturated rings. The zero-order chi connectivity index (χ0) is 12.8. The third-order valence-electron chi connectivity index (χ3n) is 2.35. The number of rotatable bonds is 6. The van der Waals surface area contributed by atoms with Gasteiger partial charge >= 0.3 is 0 Å². The van der Waals surface area contributed by atoms with Gasteiger partial charge in [0, 0.05) is 0 Å². The van der Waals surface area contributed by atoms with Crippen LogP contribution >= 0.6 is 0 Å². The van der Waals surface area contributed by atoms with E-state index in [1.807, 2.05) is 20.8 Å². The molecule has 1 rings (SSSR count). The molecule has 17 heavy (non-hydrogen) atoms. The van der Waals surface area contributed by atoms with Gasteiger partial charge in [-0.2, -0.15) is 0 Å². The number of hydrogen-bond donors (Lipinski definition) is 2. The van der Waals surface area contributed by atoms with Gasteiger partial charge in [-0.05, 0) is 38.1 Å². The Balaban J connectivity index is 2.86. The minimum absolute atomic E-state index is 0.0576. The van der Waals surface area contributed by atoms with Crippen molar-refractivity contribution in [2.75, 3.05) is 13.2 Å². The molecule has 0 saturated carbocycles. The minimum atomic E-state index is -0.396. The summed E-state index contributed by atoms with van der Waals surface area (Å²) in [7, 11) is 0. The van der Waals surface area contributed by atoms with Crippen molar-refractivity contribution in [1.82, 2.24) is 5.32 Å². The second kappa shape index (κ2) is 6.57. The zero-order valence-electron chi connectivity index (χ0n) is 10.5. The van der Waals surface area contributed by atoms with Crippen LogP contribution in [0.2, 0.25) is 0 Å². The second-order valence-corrected chi connectivity index (χ2v) is 4.15. The fourth-order valence-corrected chi connectivity index (χ4v) is 1.62. The summed E-state index contributed by atoms with van der Waals surface area (Å²) in [5.74, 6) is -0.149. The van der Waals surface area contributed by atoms with E-state index in [4.69, 9.17) is 4.74 Å². The highest BCUT2D eigenvalue weighted by atomic mass is 19.1. The number of halogens is 1. The van der Waals surface area contributed by atoms with Crippen molar-refractivity contribution in [2.45, 2.75) is 32.9 Å². The standard InChI is InChI=1S/C13H20FNO2/c1-4-15-12(8-16)10-5-6-13(11(14)7-10)17-9(2)3/h5-7,9,12,15-16H,4,8H2,1-3H3. The van der Waals surface area contributed by atoms with Gasteiger partial charge in [0.05, 0.1) is 18.8 Å². The van der Waals surface area contributed by atoms with Gasteiger partial charge in [0.1, 0.15) is 0 Å². The summed E-state index contributed by atoms with van der Waals surface area (Å²) in [4.78, 5) is 0. The quantitative estimate of drug-likeness (QED) is 0.802. The Hall–Kier alpha value is -1.13. The largest absolute Gasteiger partial charge is 0.488 e. The Morgan fingerprint density at radius 3 is 2.59 bits per heavy atom. The Bertz CT molecular complexity index is 355. The van der Waals surface area contributed by atoms with E-state index >= 15 is 0 Å². The predicted octanol–water partition coefficient (Wildman–Crippen LogP) is 2.26. The van der Waals surface area contributed by atoms with Gasteiger partial charge in [-0.25, -0.2) is 4.39 Å². The molecule has 0 aliphatic carbocycles. The molecule has 0 spiro atoms. The van der Waals surface area contributed by atoms with Crippen molar-refractivity contribution in [3.63, 3.8) is 0 Å². The summed E-state index contributed by atoms with van der Waals surface area (Å²) in [6.45, 7) is 6.30. The first-order valence-electron chi connectivity index (χ1n) is 5.88. The molecule has 4 heteroatoms. The van der Waals surface area contributed by atoms with Crippen LogP contribution in [0.5, 0.6) is 5.75 Å². The van der Waals surface area contributed by atoms with E-state index in [0.29, 0.717) is 0 Å². The second-order valence-electron chi connectivity index (χ2n) is 4.15. The number of nitrogens with one attached hydrogen (secondary N) is 1. The highest BCUT2D eigenvalue weighted by Crippen LogP contribution is 2.22. The lowest BCUT2D eigenvalue weighted by Gasteiger charge is -2.17. The Kier molecular flexibility index (Phi) is 5.38. The van der Waals surface area contributed by atoms with Crippen LogP contribution in [0.3, 0.4) is 0 Å². The molecule has 0 amide bonds. The van der Waals surface area contributed by atoms with Gasteiger partial charge in [-0.15, -0.1) is 0 Å². The first-order valence-corrected chi connectivity index (χ1v) is 5.88. The molecule has 1 atom stereocenters. The summed E-state index contributed by atoms with van der Waals surface area (Å²) >= 11 is 0. The number of likely N-dealkylation sites (N-methyl/N-ethyl adjacent to an activating group) is 1. The van der Waals surface area contributed by atoms with Crippen LogP contribution in [0, 0.1) is 5.82 Å². The SMILES string of the molecule is CCNC(CO)c1ccc(OC(C)C)c(F)c1. The topological polar surface area (TPSA) is 41.5 Å². The molecular weight excluding hydrogens is 221 g/mol. The number of aliphatic hydroxyl groups excluding tert-OH is 1. The molecule has 0 bridgehead atoms. The van der Waals surface area contributed by atoms with Crippen LogP contribution in [0.1, 0.15) is 32.4 Å². The van der Waals surface area contributed by atoms with E-state index < -0.39 is 5.82 Å². The van der Waals surface area contributed by atoms with Gasteiger partial charge in [0.15, 0.2) is 11.6 Å². The van der Waals surface area contributed by atoms with Crippen LogP contribution in [0.4, 0.5) is 4.39 Å². The fourth-order valence-electron chi connectivity index (χ4n) is 1.62. The molecule has 2 N–H and O–H groups in total. The molecule has 0 aliphatic heterocycles. The summed E-state index contributed by atoms with van der Waals surface area (Å²) in [5.41, 5.74) is 0.725. The fraction of sp³-hybridized carbons (Fsp3) is 0.538. The van der Waals surface area contributed by atoms with Crippen molar-refractivity contribution in [2.24, 2.45) is 0 Å². The minimum Gasteiger partial charge on any atom is -0.488 e. The molecule has 1 aromatic rings. The van der Waals surface area contributed by atoms with Crippen molar-refractivity contribution < 1.29 is 14.2 Å². The number of aliphatic hydroxyl groups is 1. The third-order valence-corrected chi connectivity index (χ3v) is 2.35. The van der Waals surface area contributed by atoms with Crippen molar-refractivity contribution in [3.8, 4) is 5.75 Å².